The molecule has 1 saturated carbocycles. The zero-order chi connectivity index (χ0) is 13.1. The molecule has 0 N–H and O–H groups in total. The summed E-state index contributed by atoms with van der Waals surface area (Å²) in [5, 5.41) is 0. The molecule has 2 nitrogen and oxygen atoms in total. The number of amides is 1. The fourth-order valence-electron chi connectivity index (χ4n) is 1.94. The predicted molar refractivity (Wildman–Crippen MR) is 80.7 cm³/mol. The molecule has 98 valence electrons. The summed E-state index contributed by atoms with van der Waals surface area (Å²) in [4.78, 5) is 14.3. The molecule has 18 heavy (non-hydrogen) atoms. The Morgan fingerprint density at radius 3 is 2.67 bits per heavy atom. The van der Waals surface area contributed by atoms with Gasteiger partial charge >= 0.3 is 0 Å². The van der Waals surface area contributed by atoms with Gasteiger partial charge in [-0.3, -0.25) is 4.79 Å². The third kappa shape index (κ3) is 3.35. The average Bonchev–Trinajstić information content (AvgIpc) is 3.20. The van der Waals surface area contributed by atoms with E-state index in [-0.39, 0.29) is 10.7 Å². The van der Waals surface area contributed by atoms with E-state index in [9.17, 15) is 4.79 Å². The van der Waals surface area contributed by atoms with Crippen LogP contribution in [0.5, 0.6) is 0 Å². The van der Waals surface area contributed by atoms with Crippen LogP contribution >= 0.6 is 31.9 Å². The molecule has 0 saturated heterocycles. The molecule has 1 fully saturated rings. The van der Waals surface area contributed by atoms with Crippen LogP contribution < -0.4 is 0 Å². The number of halogens is 2. The van der Waals surface area contributed by atoms with Gasteiger partial charge < -0.3 is 4.90 Å². The van der Waals surface area contributed by atoms with Crippen LogP contribution in [0.25, 0.3) is 0 Å². The second-order valence-electron chi connectivity index (χ2n) is 4.66. The molecule has 0 bridgehead atoms. The molecule has 0 spiro atoms. The van der Waals surface area contributed by atoms with E-state index in [0.29, 0.717) is 12.6 Å². The van der Waals surface area contributed by atoms with E-state index in [1.165, 1.54) is 5.56 Å². The van der Waals surface area contributed by atoms with Gasteiger partial charge in [0.25, 0.3) is 0 Å². The minimum absolute atomic E-state index is 0.0550. The van der Waals surface area contributed by atoms with Crippen molar-refractivity contribution in [1.82, 2.24) is 4.90 Å². The van der Waals surface area contributed by atoms with Crippen LogP contribution in [0.3, 0.4) is 0 Å². The summed E-state index contributed by atoms with van der Waals surface area (Å²) >= 11 is 7.02. The van der Waals surface area contributed by atoms with E-state index >= 15 is 0 Å². The van der Waals surface area contributed by atoms with Crippen molar-refractivity contribution in [3.05, 3.63) is 34.3 Å². The van der Waals surface area contributed by atoms with Gasteiger partial charge in [-0.1, -0.05) is 57.0 Å². The standard InChI is InChI=1S/C14H17Br2NO/c1-2-12(15)14(18)17(11-7-8-11)9-10-5-3-4-6-13(10)16/h3-6,11-12H,2,7-9H2,1H3. The first-order chi connectivity index (χ1) is 8.63. The number of carbonyl (C=O) groups is 1. The van der Waals surface area contributed by atoms with Crippen molar-refractivity contribution in [3.63, 3.8) is 0 Å². The Hall–Kier alpha value is -0.350. The van der Waals surface area contributed by atoms with Crippen molar-refractivity contribution >= 4 is 37.8 Å². The summed E-state index contributed by atoms with van der Waals surface area (Å²) in [6.45, 7) is 2.73. The first-order valence-corrected chi connectivity index (χ1v) is 8.02. The fraction of sp³-hybridized carbons (Fsp3) is 0.500. The summed E-state index contributed by atoms with van der Waals surface area (Å²) in [6, 6.07) is 8.55. The van der Waals surface area contributed by atoms with E-state index in [0.717, 1.165) is 23.7 Å². The van der Waals surface area contributed by atoms with E-state index in [2.05, 4.69) is 37.9 Å². The number of hydrogen-bond donors (Lipinski definition) is 0. The number of benzene rings is 1. The molecule has 0 radical (unpaired) electrons. The van der Waals surface area contributed by atoms with Crippen LogP contribution in [0.4, 0.5) is 0 Å². The topological polar surface area (TPSA) is 20.3 Å². The number of nitrogens with zero attached hydrogens (tertiary/aromatic N) is 1. The largest absolute Gasteiger partial charge is 0.334 e. The van der Waals surface area contributed by atoms with Gasteiger partial charge in [0.2, 0.25) is 5.91 Å². The van der Waals surface area contributed by atoms with E-state index < -0.39 is 0 Å². The van der Waals surface area contributed by atoms with Crippen LogP contribution in [0.15, 0.2) is 28.7 Å². The lowest BCUT2D eigenvalue weighted by atomic mass is 10.2. The fourth-order valence-corrected chi connectivity index (χ4v) is 2.61. The van der Waals surface area contributed by atoms with E-state index in [1.54, 1.807) is 0 Å². The molecular formula is C14H17Br2NO. The second kappa shape index (κ2) is 6.20. The van der Waals surface area contributed by atoms with Crippen LogP contribution in [-0.2, 0) is 11.3 Å². The number of hydrogen-bond acceptors (Lipinski definition) is 1. The highest BCUT2D eigenvalue weighted by Crippen LogP contribution is 2.31. The molecule has 0 aliphatic heterocycles. The Kier molecular flexibility index (Phi) is 4.84. The molecule has 1 atom stereocenters. The second-order valence-corrected chi connectivity index (χ2v) is 6.62. The van der Waals surface area contributed by atoms with Gasteiger partial charge in [0, 0.05) is 17.1 Å². The van der Waals surface area contributed by atoms with E-state index in [1.807, 2.05) is 30.0 Å². The Bertz CT molecular complexity index is 432. The molecule has 4 heteroatoms. The maximum Gasteiger partial charge on any atom is 0.236 e. The zero-order valence-corrected chi connectivity index (χ0v) is 13.6. The van der Waals surface area contributed by atoms with Gasteiger partial charge in [-0.2, -0.15) is 0 Å². The van der Waals surface area contributed by atoms with Gasteiger partial charge in [-0.05, 0) is 30.9 Å². The Balaban J connectivity index is 2.12. The summed E-state index contributed by atoms with van der Waals surface area (Å²) in [7, 11) is 0. The summed E-state index contributed by atoms with van der Waals surface area (Å²) in [5.41, 5.74) is 1.17. The number of alkyl halides is 1. The average molecular weight is 375 g/mol. The van der Waals surface area contributed by atoms with Gasteiger partial charge in [-0.25, -0.2) is 0 Å². The maximum absolute atomic E-state index is 12.3. The minimum Gasteiger partial charge on any atom is -0.334 e. The molecule has 2 rings (SSSR count). The maximum atomic E-state index is 12.3. The highest BCUT2D eigenvalue weighted by molar-refractivity contribution is 9.10. The highest BCUT2D eigenvalue weighted by atomic mass is 79.9. The van der Waals surface area contributed by atoms with Crippen LogP contribution in [0, 0.1) is 0 Å². The molecule has 1 amide bonds. The zero-order valence-electron chi connectivity index (χ0n) is 10.4. The van der Waals surface area contributed by atoms with Gasteiger partial charge in [-0.15, -0.1) is 0 Å². The Morgan fingerprint density at radius 1 is 1.44 bits per heavy atom. The predicted octanol–water partition coefficient (Wildman–Crippen LogP) is 4.11. The number of carbonyl (C=O) groups excluding carboxylic acids is 1. The van der Waals surface area contributed by atoms with E-state index in [4.69, 9.17) is 0 Å². The third-order valence-electron chi connectivity index (χ3n) is 3.20. The molecule has 1 aromatic rings. The Labute approximate surface area is 125 Å². The van der Waals surface area contributed by atoms with Crippen LogP contribution in [0.1, 0.15) is 31.7 Å². The van der Waals surface area contributed by atoms with Gasteiger partial charge in [0.1, 0.15) is 0 Å². The molecule has 1 aliphatic carbocycles. The molecule has 1 aromatic carbocycles. The number of rotatable bonds is 5. The SMILES string of the molecule is CCC(Br)C(=O)N(Cc1ccccc1Br)C1CC1. The smallest absolute Gasteiger partial charge is 0.236 e. The summed E-state index contributed by atoms with van der Waals surface area (Å²) < 4.78 is 1.08. The normalized spacial score (nSPS) is 16.4. The first-order valence-electron chi connectivity index (χ1n) is 6.31. The lowest BCUT2D eigenvalue weighted by Gasteiger charge is -2.25. The lowest BCUT2D eigenvalue weighted by molar-refractivity contribution is -0.131. The third-order valence-corrected chi connectivity index (χ3v) is 5.01. The lowest BCUT2D eigenvalue weighted by Crippen LogP contribution is -2.37. The van der Waals surface area contributed by atoms with Crippen molar-refractivity contribution in [1.29, 1.82) is 0 Å². The van der Waals surface area contributed by atoms with Gasteiger partial charge in [0.15, 0.2) is 0 Å². The quantitative estimate of drug-likeness (QED) is 0.710. The monoisotopic (exact) mass is 373 g/mol. The molecule has 0 heterocycles. The molecule has 1 aliphatic rings. The van der Waals surface area contributed by atoms with Crippen molar-refractivity contribution in [3.8, 4) is 0 Å². The first kappa shape index (κ1) is 14.1. The van der Waals surface area contributed by atoms with Crippen molar-refractivity contribution < 1.29 is 4.79 Å². The van der Waals surface area contributed by atoms with Crippen molar-refractivity contribution in [2.45, 2.75) is 43.6 Å². The summed E-state index contributed by atoms with van der Waals surface area (Å²) in [5.74, 6) is 0.218. The van der Waals surface area contributed by atoms with Crippen molar-refractivity contribution in [2.75, 3.05) is 0 Å². The minimum atomic E-state index is -0.0550. The Morgan fingerprint density at radius 2 is 2.11 bits per heavy atom. The summed E-state index contributed by atoms with van der Waals surface area (Å²) in [6.07, 6.45) is 3.11. The molecule has 1 unspecified atom stereocenters. The molecule has 0 aromatic heterocycles. The van der Waals surface area contributed by atoms with Crippen LogP contribution in [0.2, 0.25) is 0 Å². The molecular weight excluding hydrogens is 358 g/mol. The van der Waals surface area contributed by atoms with Gasteiger partial charge in [0.05, 0.1) is 4.83 Å². The van der Waals surface area contributed by atoms with Crippen LogP contribution in [-0.4, -0.2) is 21.7 Å². The van der Waals surface area contributed by atoms with Crippen molar-refractivity contribution in [2.24, 2.45) is 0 Å². The highest BCUT2D eigenvalue weighted by Gasteiger charge is 2.34.